The van der Waals surface area contributed by atoms with Gasteiger partial charge in [0.05, 0.1) is 18.5 Å². The first-order chi connectivity index (χ1) is 12.1. The first-order valence-corrected chi connectivity index (χ1v) is 8.75. The number of nitrogens with zero attached hydrogens (tertiary/aromatic N) is 2. The molecule has 1 aromatic carbocycles. The fraction of sp³-hybridized carbons (Fsp3) is 0.278. The molecule has 0 aliphatic heterocycles. The van der Waals surface area contributed by atoms with Crippen molar-refractivity contribution < 1.29 is 14.1 Å². The third-order valence-corrected chi connectivity index (χ3v) is 4.73. The van der Waals surface area contributed by atoms with E-state index < -0.39 is 0 Å². The predicted molar refractivity (Wildman–Crippen MR) is 95.5 cm³/mol. The molecule has 25 heavy (non-hydrogen) atoms. The molecule has 0 bridgehead atoms. The number of hydrogen-bond donors (Lipinski definition) is 1. The molecule has 1 amide bonds. The number of carbonyl (C=O) groups is 1. The van der Waals surface area contributed by atoms with Crippen LogP contribution in [0.3, 0.4) is 0 Å². The van der Waals surface area contributed by atoms with Gasteiger partial charge in [-0.25, -0.2) is 0 Å². The van der Waals surface area contributed by atoms with E-state index in [-0.39, 0.29) is 5.91 Å². The molecule has 0 unspecified atom stereocenters. The van der Waals surface area contributed by atoms with E-state index in [0.29, 0.717) is 24.7 Å². The standard InChI is InChI=1S/C18H19N3O3S/c1-12(22)19-11-15-8-9-16(25-15)18-20-17(24-21-18)10-5-13-3-6-14(23-2)7-4-13/h3-4,6-9H,5,10-11H2,1-2H3,(H,19,22). The van der Waals surface area contributed by atoms with Crippen LogP contribution < -0.4 is 10.1 Å². The Labute approximate surface area is 149 Å². The molecule has 0 saturated carbocycles. The highest BCUT2D eigenvalue weighted by Crippen LogP contribution is 2.26. The SMILES string of the molecule is COc1ccc(CCc2nc(-c3ccc(CNC(C)=O)s3)no2)cc1. The van der Waals surface area contributed by atoms with Crippen molar-refractivity contribution in [2.75, 3.05) is 7.11 Å². The Morgan fingerprint density at radius 3 is 2.72 bits per heavy atom. The van der Waals surface area contributed by atoms with Gasteiger partial charge in [-0.1, -0.05) is 17.3 Å². The topological polar surface area (TPSA) is 77.2 Å². The number of rotatable bonds is 7. The number of hydrogen-bond acceptors (Lipinski definition) is 6. The summed E-state index contributed by atoms with van der Waals surface area (Å²) in [5.41, 5.74) is 1.19. The van der Waals surface area contributed by atoms with E-state index >= 15 is 0 Å². The molecule has 6 nitrogen and oxygen atoms in total. The number of benzene rings is 1. The number of thiophene rings is 1. The maximum Gasteiger partial charge on any atom is 0.227 e. The van der Waals surface area contributed by atoms with Crippen molar-refractivity contribution >= 4 is 17.2 Å². The summed E-state index contributed by atoms with van der Waals surface area (Å²) in [7, 11) is 1.65. The molecule has 130 valence electrons. The van der Waals surface area contributed by atoms with Gasteiger partial charge in [-0.2, -0.15) is 4.98 Å². The molecule has 1 N–H and O–H groups in total. The monoisotopic (exact) mass is 357 g/mol. The Hall–Kier alpha value is -2.67. The van der Waals surface area contributed by atoms with E-state index in [1.54, 1.807) is 18.4 Å². The zero-order valence-electron chi connectivity index (χ0n) is 14.1. The van der Waals surface area contributed by atoms with Gasteiger partial charge in [0.15, 0.2) is 0 Å². The third kappa shape index (κ3) is 4.67. The molecule has 2 aromatic heterocycles. The van der Waals surface area contributed by atoms with Gasteiger partial charge in [0.1, 0.15) is 5.75 Å². The summed E-state index contributed by atoms with van der Waals surface area (Å²) in [6.45, 7) is 2.02. The Morgan fingerprint density at radius 1 is 1.20 bits per heavy atom. The van der Waals surface area contributed by atoms with Crippen molar-refractivity contribution in [1.29, 1.82) is 0 Å². The van der Waals surface area contributed by atoms with Gasteiger partial charge in [0, 0.05) is 18.2 Å². The average molecular weight is 357 g/mol. The maximum atomic E-state index is 11.0. The Morgan fingerprint density at radius 2 is 2.00 bits per heavy atom. The number of amides is 1. The van der Waals surface area contributed by atoms with Crippen LogP contribution in [-0.2, 0) is 24.2 Å². The lowest BCUT2D eigenvalue weighted by atomic mass is 10.1. The van der Waals surface area contributed by atoms with Crippen LogP contribution in [0, 0.1) is 0 Å². The molecular formula is C18H19N3O3S. The predicted octanol–water partition coefficient (Wildman–Crippen LogP) is 3.23. The van der Waals surface area contributed by atoms with E-state index in [9.17, 15) is 4.79 Å². The molecule has 0 spiro atoms. The summed E-state index contributed by atoms with van der Waals surface area (Å²) in [4.78, 5) is 17.4. The van der Waals surface area contributed by atoms with Crippen molar-refractivity contribution in [1.82, 2.24) is 15.5 Å². The van der Waals surface area contributed by atoms with Crippen LogP contribution in [-0.4, -0.2) is 23.2 Å². The summed E-state index contributed by atoms with van der Waals surface area (Å²) in [5.74, 6) is 2.00. The summed E-state index contributed by atoms with van der Waals surface area (Å²) in [5, 5.41) is 6.83. The van der Waals surface area contributed by atoms with Gasteiger partial charge in [0.2, 0.25) is 17.6 Å². The molecular weight excluding hydrogens is 338 g/mol. The quantitative estimate of drug-likeness (QED) is 0.702. The number of aromatic nitrogens is 2. The summed E-state index contributed by atoms with van der Waals surface area (Å²) < 4.78 is 10.5. The van der Waals surface area contributed by atoms with Gasteiger partial charge in [-0.15, -0.1) is 11.3 Å². The smallest absolute Gasteiger partial charge is 0.227 e. The molecule has 0 aliphatic rings. The minimum Gasteiger partial charge on any atom is -0.497 e. The molecule has 0 saturated heterocycles. The number of aryl methyl sites for hydroxylation is 2. The van der Waals surface area contributed by atoms with Crippen LogP contribution in [0.15, 0.2) is 40.9 Å². The van der Waals surface area contributed by atoms with Gasteiger partial charge >= 0.3 is 0 Å². The van der Waals surface area contributed by atoms with Gasteiger partial charge in [-0.3, -0.25) is 4.79 Å². The van der Waals surface area contributed by atoms with E-state index in [4.69, 9.17) is 9.26 Å². The van der Waals surface area contributed by atoms with Crippen molar-refractivity contribution in [3.8, 4) is 16.5 Å². The first-order valence-electron chi connectivity index (χ1n) is 7.93. The lowest BCUT2D eigenvalue weighted by Gasteiger charge is -2.01. The zero-order chi connectivity index (χ0) is 17.6. The van der Waals surface area contributed by atoms with Gasteiger partial charge in [-0.05, 0) is 36.2 Å². The Bertz CT molecular complexity index is 839. The molecule has 7 heteroatoms. The Kier molecular flexibility index (Phi) is 5.45. The number of nitrogens with one attached hydrogen (secondary N) is 1. The fourth-order valence-corrected chi connectivity index (χ4v) is 3.18. The second-order valence-corrected chi connectivity index (χ2v) is 6.70. The van der Waals surface area contributed by atoms with Crippen molar-refractivity contribution in [2.45, 2.75) is 26.3 Å². The lowest BCUT2D eigenvalue weighted by Crippen LogP contribution is -2.17. The molecule has 0 fully saturated rings. The van der Waals surface area contributed by atoms with E-state index in [1.165, 1.54) is 12.5 Å². The van der Waals surface area contributed by atoms with Crippen LogP contribution in [0.25, 0.3) is 10.7 Å². The second-order valence-electron chi connectivity index (χ2n) is 5.54. The summed E-state index contributed by atoms with van der Waals surface area (Å²) in [6, 6.07) is 11.9. The van der Waals surface area contributed by atoms with Crippen molar-refractivity contribution in [2.24, 2.45) is 0 Å². The van der Waals surface area contributed by atoms with Crippen molar-refractivity contribution in [3.05, 3.63) is 52.7 Å². The number of methoxy groups -OCH3 is 1. The maximum absolute atomic E-state index is 11.0. The summed E-state index contributed by atoms with van der Waals surface area (Å²) in [6.07, 6.45) is 1.51. The number of ether oxygens (including phenoxy) is 1. The fourth-order valence-electron chi connectivity index (χ4n) is 2.30. The minimum atomic E-state index is -0.0460. The van der Waals surface area contributed by atoms with Crippen LogP contribution >= 0.6 is 11.3 Å². The molecule has 0 radical (unpaired) electrons. The highest BCUT2D eigenvalue weighted by Gasteiger charge is 2.11. The average Bonchev–Trinajstić information content (AvgIpc) is 3.27. The van der Waals surface area contributed by atoms with Crippen LogP contribution in [0.1, 0.15) is 23.3 Å². The highest BCUT2D eigenvalue weighted by molar-refractivity contribution is 7.15. The molecule has 2 heterocycles. The van der Waals surface area contributed by atoms with Crippen LogP contribution in [0.4, 0.5) is 0 Å². The largest absolute Gasteiger partial charge is 0.497 e. The van der Waals surface area contributed by atoms with E-state index in [0.717, 1.165) is 21.9 Å². The normalized spacial score (nSPS) is 10.6. The van der Waals surface area contributed by atoms with E-state index in [2.05, 4.69) is 15.5 Å². The highest BCUT2D eigenvalue weighted by atomic mass is 32.1. The second kappa shape index (κ2) is 7.94. The minimum absolute atomic E-state index is 0.0460. The number of carbonyl (C=O) groups excluding carboxylic acids is 1. The van der Waals surface area contributed by atoms with Gasteiger partial charge in [0.25, 0.3) is 0 Å². The van der Waals surface area contributed by atoms with Crippen molar-refractivity contribution in [3.63, 3.8) is 0 Å². The molecule has 0 aliphatic carbocycles. The summed E-state index contributed by atoms with van der Waals surface area (Å²) >= 11 is 1.55. The molecule has 3 rings (SSSR count). The zero-order valence-corrected chi connectivity index (χ0v) is 14.9. The van der Waals surface area contributed by atoms with Crippen LogP contribution in [0.5, 0.6) is 5.75 Å². The first kappa shape index (κ1) is 17.2. The molecule has 0 atom stereocenters. The Balaban J connectivity index is 1.59. The van der Waals surface area contributed by atoms with Crippen LogP contribution in [0.2, 0.25) is 0 Å². The molecule has 3 aromatic rings. The van der Waals surface area contributed by atoms with E-state index in [1.807, 2.05) is 36.4 Å². The lowest BCUT2D eigenvalue weighted by molar-refractivity contribution is -0.119. The third-order valence-electron chi connectivity index (χ3n) is 3.65. The van der Waals surface area contributed by atoms with Gasteiger partial charge < -0.3 is 14.6 Å².